The van der Waals surface area contributed by atoms with Gasteiger partial charge in [-0.25, -0.2) is 9.07 Å². The van der Waals surface area contributed by atoms with Crippen LogP contribution in [0.25, 0.3) is 27.9 Å². The van der Waals surface area contributed by atoms with Gasteiger partial charge in [0.05, 0.1) is 34.3 Å². The number of hydrogen-bond acceptors (Lipinski definition) is 7. The van der Waals surface area contributed by atoms with E-state index in [1.54, 1.807) is 18.2 Å². The average molecular weight is 631 g/mol. The van der Waals surface area contributed by atoms with Crippen LogP contribution in [0.2, 0.25) is 5.02 Å². The Kier molecular flexibility index (Phi) is 7.59. The molecule has 0 amide bonds. The first-order valence-corrected chi connectivity index (χ1v) is 13.0. The third-order valence-electron chi connectivity index (χ3n) is 6.66. The molecule has 5 heterocycles. The smallest absolute Gasteiger partial charge is 0.263 e. The summed E-state index contributed by atoms with van der Waals surface area (Å²) in [6.07, 6.45) is 3.13. The summed E-state index contributed by atoms with van der Waals surface area (Å²) in [6.45, 7) is -2.85. The minimum Gasteiger partial charge on any atom is -0.263 e. The van der Waals surface area contributed by atoms with Crippen LogP contribution in [-0.4, -0.2) is 49.7 Å². The van der Waals surface area contributed by atoms with Crippen molar-refractivity contribution in [3.8, 4) is 27.9 Å². The van der Waals surface area contributed by atoms with Gasteiger partial charge >= 0.3 is 12.7 Å². The second-order valence-corrected chi connectivity index (χ2v) is 9.81. The topological polar surface area (TPSA) is 105 Å². The third-order valence-corrected chi connectivity index (χ3v) is 6.95. The predicted octanol–water partition coefficient (Wildman–Crippen LogP) is 6.22. The molecule has 0 aliphatic heterocycles. The lowest BCUT2D eigenvalue weighted by Crippen LogP contribution is -2.16. The third kappa shape index (κ3) is 5.75. The number of alkyl halides is 5. The highest BCUT2D eigenvalue weighted by molar-refractivity contribution is 6.31. The van der Waals surface area contributed by atoms with Crippen molar-refractivity contribution < 1.29 is 26.3 Å². The van der Waals surface area contributed by atoms with Crippen molar-refractivity contribution in [2.45, 2.75) is 25.2 Å². The van der Waals surface area contributed by atoms with Crippen LogP contribution in [0.1, 0.15) is 29.7 Å². The molecule has 1 unspecified atom stereocenters. The van der Waals surface area contributed by atoms with Crippen molar-refractivity contribution in [1.82, 2.24) is 49.7 Å². The molecule has 0 N–H and O–H groups in total. The molecule has 1 aromatic carbocycles. The fourth-order valence-electron chi connectivity index (χ4n) is 4.58. The van der Waals surface area contributed by atoms with Crippen LogP contribution in [-0.2, 0) is 12.6 Å². The molecule has 17 heteroatoms. The van der Waals surface area contributed by atoms with Crippen LogP contribution in [0.15, 0.2) is 79.8 Å². The highest BCUT2D eigenvalue weighted by Gasteiger charge is 2.32. The number of halogens is 7. The predicted molar refractivity (Wildman–Crippen MR) is 143 cm³/mol. The van der Waals surface area contributed by atoms with E-state index in [2.05, 4.69) is 35.7 Å². The summed E-state index contributed by atoms with van der Waals surface area (Å²) < 4.78 is 84.6. The van der Waals surface area contributed by atoms with E-state index in [1.807, 2.05) is 0 Å². The molecule has 0 radical (unpaired) electrons. The summed E-state index contributed by atoms with van der Waals surface area (Å²) in [5.41, 5.74) is 0.874. The molecule has 1 atom stereocenters. The monoisotopic (exact) mass is 630 g/mol. The summed E-state index contributed by atoms with van der Waals surface area (Å²) in [4.78, 5) is 7.90. The van der Waals surface area contributed by atoms with E-state index in [1.165, 1.54) is 52.5 Å². The Morgan fingerprint density at radius 2 is 1.75 bits per heavy atom. The largest absolute Gasteiger partial charge is 0.433 e. The Balaban J connectivity index is 1.39. The van der Waals surface area contributed by atoms with E-state index in [9.17, 15) is 22.0 Å². The Bertz CT molecular complexity index is 1900. The number of hydrogen-bond donors (Lipinski definition) is 0. The summed E-state index contributed by atoms with van der Waals surface area (Å²) >= 11 is 6.06. The van der Waals surface area contributed by atoms with E-state index in [0.717, 1.165) is 18.5 Å². The van der Waals surface area contributed by atoms with E-state index in [-0.39, 0.29) is 28.3 Å². The van der Waals surface area contributed by atoms with Crippen LogP contribution >= 0.6 is 11.6 Å². The maximum atomic E-state index is 15.3. The van der Waals surface area contributed by atoms with Gasteiger partial charge in [-0.2, -0.15) is 36.8 Å². The normalized spacial score (nSPS) is 12.6. The molecule has 44 heavy (non-hydrogen) atoms. The second-order valence-electron chi connectivity index (χ2n) is 9.40. The molecule has 0 spiro atoms. The fourth-order valence-corrected chi connectivity index (χ4v) is 4.73. The standard InChI is InChI=1S/C27H17ClF6N10/c28-19-2-4-21(44-14-37-40-41-44)24(25(19)29)16-1-3-20(36-11-16)22(10-18-6-8-42(39-18)26(30)31)43-13-17(12-38-43)15-5-7-35-23(9-15)27(32,33)34/h1-9,11-14,22,26H,10H2. The molecule has 224 valence electrons. The maximum Gasteiger partial charge on any atom is 0.433 e. The van der Waals surface area contributed by atoms with Gasteiger partial charge in [-0.1, -0.05) is 17.7 Å². The van der Waals surface area contributed by atoms with Gasteiger partial charge in [0.15, 0.2) is 5.82 Å². The molecule has 0 bridgehead atoms. The van der Waals surface area contributed by atoms with Crippen LogP contribution < -0.4 is 0 Å². The SMILES string of the molecule is Fc1c(Cl)ccc(-n2cnnn2)c1-c1ccc(C(Cc2ccn(C(F)F)n2)n2cc(-c3ccnc(C(F)(F)F)c3)cn2)nc1. The molecule has 0 aliphatic rings. The van der Waals surface area contributed by atoms with Crippen molar-refractivity contribution in [2.24, 2.45) is 0 Å². The second kappa shape index (κ2) is 11.5. The number of rotatable bonds is 8. The zero-order chi connectivity index (χ0) is 31.0. The number of pyridine rings is 2. The Morgan fingerprint density at radius 3 is 2.43 bits per heavy atom. The maximum absolute atomic E-state index is 15.3. The van der Waals surface area contributed by atoms with Gasteiger partial charge in [0.2, 0.25) is 0 Å². The van der Waals surface area contributed by atoms with Crippen molar-refractivity contribution in [1.29, 1.82) is 0 Å². The van der Waals surface area contributed by atoms with E-state index >= 15 is 4.39 Å². The summed E-state index contributed by atoms with van der Waals surface area (Å²) in [5, 5.41) is 19.1. The Hall–Kier alpha value is -5.12. The molecule has 6 rings (SSSR count). The lowest BCUT2D eigenvalue weighted by Gasteiger charge is -2.17. The van der Waals surface area contributed by atoms with Gasteiger partial charge in [0, 0.05) is 47.9 Å². The van der Waals surface area contributed by atoms with Crippen molar-refractivity contribution >= 4 is 11.6 Å². The lowest BCUT2D eigenvalue weighted by molar-refractivity contribution is -0.141. The van der Waals surface area contributed by atoms with Gasteiger partial charge in [-0.15, -0.1) is 5.10 Å². The molecule has 0 saturated heterocycles. The van der Waals surface area contributed by atoms with Crippen LogP contribution in [0, 0.1) is 5.82 Å². The van der Waals surface area contributed by atoms with Crippen molar-refractivity contribution in [2.75, 3.05) is 0 Å². The van der Waals surface area contributed by atoms with Crippen LogP contribution in [0.5, 0.6) is 0 Å². The first-order valence-electron chi connectivity index (χ1n) is 12.7. The van der Waals surface area contributed by atoms with Gasteiger partial charge in [-0.3, -0.25) is 14.6 Å². The quantitative estimate of drug-likeness (QED) is 0.184. The number of benzene rings is 1. The molecule has 0 saturated carbocycles. The van der Waals surface area contributed by atoms with Crippen LogP contribution in [0.3, 0.4) is 0 Å². The Labute approximate surface area is 248 Å². The summed E-state index contributed by atoms with van der Waals surface area (Å²) in [6, 6.07) is 9.05. The number of tetrazole rings is 1. The molecule has 10 nitrogen and oxygen atoms in total. The fraction of sp³-hybridized carbons (Fsp3) is 0.148. The van der Waals surface area contributed by atoms with Crippen molar-refractivity contribution in [3.05, 3.63) is 108 Å². The summed E-state index contributed by atoms with van der Waals surface area (Å²) in [5.74, 6) is -0.726. The first kappa shape index (κ1) is 29.0. The molecule has 5 aromatic heterocycles. The Morgan fingerprint density at radius 1 is 0.909 bits per heavy atom. The summed E-state index contributed by atoms with van der Waals surface area (Å²) in [7, 11) is 0. The number of aromatic nitrogens is 10. The zero-order valence-corrected chi connectivity index (χ0v) is 22.7. The van der Waals surface area contributed by atoms with Gasteiger partial charge in [0.25, 0.3) is 0 Å². The van der Waals surface area contributed by atoms with Crippen LogP contribution in [0.4, 0.5) is 26.3 Å². The molecule has 0 aliphatic carbocycles. The minimum absolute atomic E-state index is 0.0404. The molecule has 6 aromatic rings. The van der Waals surface area contributed by atoms with E-state index < -0.39 is 30.3 Å². The van der Waals surface area contributed by atoms with Gasteiger partial charge in [0.1, 0.15) is 12.0 Å². The number of nitrogens with zero attached hydrogens (tertiary/aromatic N) is 10. The van der Waals surface area contributed by atoms with Crippen molar-refractivity contribution in [3.63, 3.8) is 0 Å². The van der Waals surface area contributed by atoms with Gasteiger partial charge < -0.3 is 0 Å². The highest BCUT2D eigenvalue weighted by Crippen LogP contribution is 2.35. The average Bonchev–Trinajstić information content (AvgIpc) is 3.80. The lowest BCUT2D eigenvalue weighted by atomic mass is 10.0. The molecule has 0 fully saturated rings. The minimum atomic E-state index is -4.64. The zero-order valence-electron chi connectivity index (χ0n) is 22.0. The highest BCUT2D eigenvalue weighted by atomic mass is 35.5. The first-order chi connectivity index (χ1) is 21.1. The van der Waals surface area contributed by atoms with E-state index in [4.69, 9.17) is 11.6 Å². The van der Waals surface area contributed by atoms with E-state index in [0.29, 0.717) is 27.2 Å². The van der Waals surface area contributed by atoms with Gasteiger partial charge in [-0.05, 0) is 52.4 Å². The molecular formula is C27H17ClF6N10. The molecular weight excluding hydrogens is 614 g/mol.